The summed E-state index contributed by atoms with van der Waals surface area (Å²) in [5.74, 6) is -5.02. The minimum atomic E-state index is -4.64. The molecular weight excluding hydrogens is 357 g/mol. The molecule has 0 atom stereocenters. The summed E-state index contributed by atoms with van der Waals surface area (Å²) in [6, 6.07) is 0. The van der Waals surface area contributed by atoms with E-state index in [9.17, 15) is 14.4 Å². The molecule has 0 heterocycles. The van der Waals surface area contributed by atoms with E-state index < -0.39 is 44.2 Å². The first kappa shape index (κ1) is 38.1. The van der Waals surface area contributed by atoms with Crippen LogP contribution in [0.4, 0.5) is 0 Å². The molecule has 0 aromatic carbocycles. The van der Waals surface area contributed by atoms with E-state index in [-0.39, 0.29) is 70.1 Å². The predicted octanol–water partition coefficient (Wildman–Crippen LogP) is -5.12. The SMILES string of the molecule is O.O.O=C(O)CC(O)(CC(=O)O)C(=O)O.O=P(O)(O)O.[NaH].[NaH]. The van der Waals surface area contributed by atoms with Crippen LogP contribution in [0.1, 0.15) is 12.8 Å². The molecule has 13 nitrogen and oxygen atoms in total. The summed E-state index contributed by atoms with van der Waals surface area (Å²) in [6.07, 6.45) is -2.29. The molecule has 11 N–H and O–H groups in total. The van der Waals surface area contributed by atoms with E-state index >= 15 is 0 Å². The quantitative estimate of drug-likeness (QED) is 0.176. The van der Waals surface area contributed by atoms with Crippen LogP contribution in [-0.2, 0) is 18.9 Å². The van der Waals surface area contributed by atoms with Crippen LogP contribution in [0.15, 0.2) is 0 Å². The molecule has 22 heavy (non-hydrogen) atoms. The number of carbonyl (C=O) groups is 3. The normalized spacial score (nSPS) is 9.09. The molecule has 0 bridgehead atoms. The molecule has 0 rings (SSSR count). The van der Waals surface area contributed by atoms with Crippen LogP contribution < -0.4 is 0 Å². The summed E-state index contributed by atoms with van der Waals surface area (Å²) >= 11 is 0. The molecule has 0 unspecified atom stereocenters. The van der Waals surface area contributed by atoms with Crippen molar-refractivity contribution in [1.29, 1.82) is 0 Å². The van der Waals surface area contributed by atoms with E-state index in [1.165, 1.54) is 0 Å². The summed E-state index contributed by atoms with van der Waals surface area (Å²) in [5, 5.41) is 33.8. The fourth-order valence-corrected chi connectivity index (χ4v) is 0.714. The Bertz CT molecular complexity index is 354. The van der Waals surface area contributed by atoms with E-state index in [0.29, 0.717) is 0 Å². The number of carboxylic acid groups (broad SMARTS) is 3. The Hall–Kier alpha value is 0.400. The van der Waals surface area contributed by atoms with Crippen LogP contribution >= 0.6 is 7.82 Å². The molecule has 0 spiro atoms. The van der Waals surface area contributed by atoms with Crippen LogP contribution in [0.3, 0.4) is 0 Å². The van der Waals surface area contributed by atoms with Gasteiger partial charge in [0.15, 0.2) is 5.60 Å². The molecule has 0 aliphatic heterocycles. The third-order valence-corrected chi connectivity index (χ3v) is 1.29. The molecule has 0 aromatic rings. The second kappa shape index (κ2) is 16.3. The van der Waals surface area contributed by atoms with Crippen molar-refractivity contribution in [2.45, 2.75) is 18.4 Å². The van der Waals surface area contributed by atoms with Crippen LogP contribution in [0.5, 0.6) is 0 Å². The van der Waals surface area contributed by atoms with Crippen molar-refractivity contribution in [1.82, 2.24) is 0 Å². The Kier molecular flexibility index (Phi) is 28.2. The summed E-state index contributed by atoms with van der Waals surface area (Å²) in [7, 11) is -4.64. The van der Waals surface area contributed by atoms with Gasteiger partial charge in [-0.1, -0.05) is 0 Å². The Morgan fingerprint density at radius 3 is 1.09 bits per heavy atom. The molecule has 0 saturated carbocycles. The zero-order valence-electron chi connectivity index (χ0n) is 9.62. The van der Waals surface area contributed by atoms with Crippen molar-refractivity contribution >= 4 is 84.8 Å². The number of aliphatic hydroxyl groups is 1. The molecular formula is C6H17Na2O13P. The van der Waals surface area contributed by atoms with Gasteiger partial charge in [-0.05, 0) is 0 Å². The third-order valence-electron chi connectivity index (χ3n) is 1.29. The summed E-state index contributed by atoms with van der Waals surface area (Å²) in [4.78, 5) is 52.0. The van der Waals surface area contributed by atoms with Gasteiger partial charge in [0.2, 0.25) is 0 Å². The number of phosphoric acid groups is 1. The van der Waals surface area contributed by atoms with E-state index in [4.69, 9.17) is 39.7 Å². The topological polar surface area (TPSA) is 273 Å². The third kappa shape index (κ3) is 28.5. The zero-order valence-corrected chi connectivity index (χ0v) is 10.5. The van der Waals surface area contributed by atoms with Gasteiger partial charge >= 0.3 is 84.8 Å². The van der Waals surface area contributed by atoms with Gasteiger partial charge in [0.1, 0.15) is 0 Å². The van der Waals surface area contributed by atoms with Crippen molar-refractivity contribution in [2.24, 2.45) is 0 Å². The second-order valence-corrected chi connectivity index (χ2v) is 4.02. The number of carboxylic acids is 3. The maximum absolute atomic E-state index is 10.3. The van der Waals surface area contributed by atoms with Gasteiger partial charge < -0.3 is 46.1 Å². The monoisotopic (exact) mass is 374 g/mol. The first-order valence-corrected chi connectivity index (χ1v) is 5.52. The van der Waals surface area contributed by atoms with Gasteiger partial charge in [0, 0.05) is 0 Å². The minimum absolute atomic E-state index is 0. The van der Waals surface area contributed by atoms with Crippen molar-refractivity contribution in [3.05, 3.63) is 0 Å². The van der Waals surface area contributed by atoms with Gasteiger partial charge in [-0.3, -0.25) is 9.59 Å². The molecule has 0 amide bonds. The first-order chi connectivity index (χ1) is 7.78. The Balaban J connectivity index is -0.0000000627. The van der Waals surface area contributed by atoms with Crippen LogP contribution in [0.2, 0.25) is 0 Å². The van der Waals surface area contributed by atoms with Crippen molar-refractivity contribution in [2.75, 3.05) is 0 Å². The van der Waals surface area contributed by atoms with Gasteiger partial charge in [0.25, 0.3) is 0 Å². The van der Waals surface area contributed by atoms with Crippen LogP contribution in [0.25, 0.3) is 0 Å². The van der Waals surface area contributed by atoms with Gasteiger partial charge in [0.05, 0.1) is 12.8 Å². The zero-order chi connectivity index (χ0) is 15.1. The van der Waals surface area contributed by atoms with E-state index in [2.05, 4.69) is 0 Å². The molecule has 16 heteroatoms. The Morgan fingerprint density at radius 2 is 1.00 bits per heavy atom. The fourth-order valence-electron chi connectivity index (χ4n) is 0.714. The van der Waals surface area contributed by atoms with Crippen molar-refractivity contribution in [3.63, 3.8) is 0 Å². The average molecular weight is 374 g/mol. The molecule has 0 saturated heterocycles. The first-order valence-electron chi connectivity index (χ1n) is 3.95. The molecule has 126 valence electrons. The molecule has 0 radical (unpaired) electrons. The molecule has 0 aromatic heterocycles. The van der Waals surface area contributed by atoms with Crippen LogP contribution in [-0.4, -0.2) is 129 Å². The van der Waals surface area contributed by atoms with E-state index in [0.717, 1.165) is 0 Å². The number of hydrogen-bond acceptors (Lipinski definition) is 5. The maximum atomic E-state index is 10.3. The summed E-state index contributed by atoms with van der Waals surface area (Å²) in [6.45, 7) is 0. The Morgan fingerprint density at radius 1 is 0.818 bits per heavy atom. The fraction of sp³-hybridized carbons (Fsp3) is 0.500. The van der Waals surface area contributed by atoms with Gasteiger partial charge in [-0.15, -0.1) is 0 Å². The van der Waals surface area contributed by atoms with Crippen molar-refractivity contribution in [3.8, 4) is 0 Å². The Labute approximate surface area is 167 Å². The number of rotatable bonds is 5. The van der Waals surface area contributed by atoms with E-state index in [1.807, 2.05) is 0 Å². The summed E-state index contributed by atoms with van der Waals surface area (Å²) in [5.41, 5.74) is -2.74. The second-order valence-electron chi connectivity index (χ2n) is 2.99. The molecule has 0 fully saturated rings. The van der Waals surface area contributed by atoms with Gasteiger partial charge in [-0.25, -0.2) is 9.36 Å². The van der Waals surface area contributed by atoms with Crippen molar-refractivity contribution < 1.29 is 65.0 Å². The predicted molar refractivity (Wildman–Crippen MR) is 72.9 cm³/mol. The standard InChI is InChI=1S/C6H8O7.2Na.H3O4P.2H2O.2H/c7-3(8)1-6(13,5(11)12)2-4(9)10;;;1-5(2,3)4;;;;/h13H,1-2H2,(H,7,8)(H,9,10)(H,11,12);;;(H3,1,2,3,4);2*1H2;;. The van der Waals surface area contributed by atoms with Gasteiger partial charge in [-0.2, -0.15) is 0 Å². The summed E-state index contributed by atoms with van der Waals surface area (Å²) < 4.78 is 8.88. The number of hydrogen-bond donors (Lipinski definition) is 7. The average Bonchev–Trinajstić information content (AvgIpc) is 1.95. The van der Waals surface area contributed by atoms with Crippen LogP contribution in [0, 0.1) is 0 Å². The molecule has 0 aliphatic carbocycles. The molecule has 0 aliphatic rings. The number of aliphatic carboxylic acids is 3. The van der Waals surface area contributed by atoms with E-state index in [1.54, 1.807) is 0 Å².